The Labute approximate surface area is 324 Å². The van der Waals surface area contributed by atoms with Crippen molar-refractivity contribution in [2.75, 3.05) is 0 Å². The van der Waals surface area contributed by atoms with Crippen molar-refractivity contribution in [3.63, 3.8) is 0 Å². The van der Waals surface area contributed by atoms with Crippen molar-refractivity contribution in [3.05, 3.63) is 196 Å². The van der Waals surface area contributed by atoms with Gasteiger partial charge in [0.1, 0.15) is 0 Å². The summed E-state index contributed by atoms with van der Waals surface area (Å²) in [6.45, 7) is 5.01. The molecule has 7 heterocycles. The second-order valence-corrected chi connectivity index (χ2v) is 15.9. The molecule has 10 aromatic rings. The smallest absolute Gasteiger partial charge is 0.0817 e. The fourth-order valence-corrected chi connectivity index (χ4v) is 10.0. The van der Waals surface area contributed by atoms with Crippen LogP contribution in [0.3, 0.4) is 0 Å². The van der Waals surface area contributed by atoms with E-state index < -0.39 is 5.41 Å². The fraction of sp³-hybridized carbons (Fsp3) is 0.163. The number of para-hydroxylation sites is 4. The summed E-state index contributed by atoms with van der Waals surface area (Å²) < 4.78 is 9.33. The molecule has 12 bridgehead atoms. The quantitative estimate of drug-likeness (QED) is 0.157. The Morgan fingerprint density at radius 3 is 1.75 bits per heavy atom. The molecule has 1 atom stereocenters. The van der Waals surface area contributed by atoms with Crippen molar-refractivity contribution in [2.45, 2.75) is 51.4 Å². The monoisotopic (exact) mass is 725 g/mol. The van der Waals surface area contributed by atoms with Crippen molar-refractivity contribution in [1.29, 1.82) is 0 Å². The van der Waals surface area contributed by atoms with E-state index in [-0.39, 0.29) is 0 Å². The summed E-state index contributed by atoms with van der Waals surface area (Å²) in [7, 11) is 0. The SMILES string of the molecule is Cc1c2cccc1Cn1nc(c3ccccc31)C1(Cc3cn(c4ccccc34)Cc3cccc(n3)Cn3cc1c1ccccc13)Cc1nn(c3ccccc13)C2. The first-order chi connectivity index (χ1) is 27.6. The molecule has 0 amide bonds. The van der Waals surface area contributed by atoms with E-state index in [0.717, 1.165) is 40.2 Å². The van der Waals surface area contributed by atoms with E-state index in [1.807, 2.05) is 0 Å². The minimum absolute atomic E-state index is 0.631. The number of rotatable bonds is 0. The van der Waals surface area contributed by atoms with Gasteiger partial charge in [0.15, 0.2) is 0 Å². The van der Waals surface area contributed by atoms with Gasteiger partial charge in [0.25, 0.3) is 0 Å². The van der Waals surface area contributed by atoms with Gasteiger partial charge in [-0.1, -0.05) is 97.1 Å². The van der Waals surface area contributed by atoms with Crippen molar-refractivity contribution in [3.8, 4) is 0 Å². The predicted molar refractivity (Wildman–Crippen MR) is 223 cm³/mol. The van der Waals surface area contributed by atoms with E-state index in [9.17, 15) is 0 Å². The van der Waals surface area contributed by atoms with Crippen molar-refractivity contribution < 1.29 is 0 Å². The number of hydrogen-bond donors (Lipinski definition) is 0. The molecule has 7 heteroatoms. The Bertz CT molecular complexity index is 3190. The van der Waals surface area contributed by atoms with Crippen LogP contribution in [0.5, 0.6) is 0 Å². The molecule has 270 valence electrons. The third-order valence-electron chi connectivity index (χ3n) is 12.7. The number of benzene rings is 5. The van der Waals surface area contributed by atoms with E-state index in [4.69, 9.17) is 15.2 Å². The van der Waals surface area contributed by atoms with Crippen LogP contribution in [-0.2, 0) is 44.4 Å². The van der Waals surface area contributed by atoms with Crippen molar-refractivity contribution in [1.82, 2.24) is 33.7 Å². The minimum Gasteiger partial charge on any atom is -0.341 e. The topological polar surface area (TPSA) is 58.4 Å². The molecule has 2 aliphatic rings. The number of aromatic nitrogens is 7. The average Bonchev–Trinajstić information content (AvgIpc) is 3.98. The van der Waals surface area contributed by atoms with Gasteiger partial charge in [-0.3, -0.25) is 14.3 Å². The lowest BCUT2D eigenvalue weighted by atomic mass is 9.68. The normalized spacial score (nSPS) is 16.7. The summed E-state index contributed by atoms with van der Waals surface area (Å²) in [6.07, 6.45) is 6.21. The molecule has 0 N–H and O–H groups in total. The molecule has 12 rings (SSSR count). The first kappa shape index (κ1) is 31.6. The highest BCUT2D eigenvalue weighted by Crippen LogP contribution is 2.47. The van der Waals surface area contributed by atoms with Crippen LogP contribution in [-0.4, -0.2) is 33.7 Å². The van der Waals surface area contributed by atoms with Crippen LogP contribution in [0.4, 0.5) is 0 Å². The van der Waals surface area contributed by atoms with Gasteiger partial charge in [-0.2, -0.15) is 10.2 Å². The molecule has 0 radical (unpaired) electrons. The van der Waals surface area contributed by atoms with Crippen LogP contribution < -0.4 is 0 Å². The first-order valence-electron chi connectivity index (χ1n) is 19.7. The molecule has 5 aromatic carbocycles. The maximum Gasteiger partial charge on any atom is 0.0817 e. The maximum atomic E-state index is 5.83. The highest BCUT2D eigenvalue weighted by molar-refractivity contribution is 5.91. The molecule has 0 aliphatic carbocycles. The molecule has 1 spiro atoms. The van der Waals surface area contributed by atoms with Gasteiger partial charge in [0.2, 0.25) is 0 Å². The third kappa shape index (κ3) is 4.67. The van der Waals surface area contributed by atoms with Crippen LogP contribution in [0.1, 0.15) is 50.6 Å². The Balaban J connectivity index is 1.25. The van der Waals surface area contributed by atoms with Crippen LogP contribution >= 0.6 is 0 Å². The summed E-state index contributed by atoms with van der Waals surface area (Å²) in [6, 6.07) is 48.7. The second-order valence-electron chi connectivity index (χ2n) is 15.9. The summed E-state index contributed by atoms with van der Waals surface area (Å²) in [5.74, 6) is 0. The molecule has 7 nitrogen and oxygen atoms in total. The summed E-state index contributed by atoms with van der Waals surface area (Å²) in [5.41, 5.74) is 14.8. The van der Waals surface area contributed by atoms with Crippen LogP contribution in [0, 0.1) is 6.92 Å². The lowest BCUT2D eigenvalue weighted by Crippen LogP contribution is -2.34. The average molecular weight is 726 g/mol. The highest BCUT2D eigenvalue weighted by atomic mass is 15.3. The Morgan fingerprint density at radius 2 is 1.02 bits per heavy atom. The number of hydrogen-bond acceptors (Lipinski definition) is 3. The molecule has 5 aromatic heterocycles. The van der Waals surface area contributed by atoms with E-state index >= 15 is 0 Å². The number of nitrogens with zero attached hydrogens (tertiary/aromatic N) is 7. The van der Waals surface area contributed by atoms with Crippen LogP contribution in [0.2, 0.25) is 0 Å². The maximum absolute atomic E-state index is 5.83. The van der Waals surface area contributed by atoms with Gasteiger partial charge < -0.3 is 9.13 Å². The fourth-order valence-electron chi connectivity index (χ4n) is 10.0. The molecular weight excluding hydrogens is 687 g/mol. The van der Waals surface area contributed by atoms with Crippen molar-refractivity contribution >= 4 is 43.6 Å². The predicted octanol–water partition coefficient (Wildman–Crippen LogP) is 9.59. The lowest BCUT2D eigenvalue weighted by Gasteiger charge is -2.33. The van der Waals surface area contributed by atoms with Crippen LogP contribution in [0.15, 0.2) is 146 Å². The van der Waals surface area contributed by atoms with E-state index in [2.05, 4.69) is 171 Å². The van der Waals surface area contributed by atoms with Gasteiger partial charge in [-0.05, 0) is 77.6 Å². The van der Waals surface area contributed by atoms with Crippen LogP contribution in [0.25, 0.3) is 43.6 Å². The minimum atomic E-state index is -0.631. The zero-order valence-electron chi connectivity index (χ0n) is 31.2. The standard InChI is InChI=1S/C49H39N7/c1-32-33-12-10-13-34(32)28-56-47-23-9-5-19-41(47)48(52-56)49(25-43-40-18-4-8-22-46(40)55(27-33)51-43)24-35-26-53(44-20-6-2-16-38(35)44)29-36-14-11-15-37(50-36)30-54-31-42(49)39-17-3-7-21-45(39)54/h2-23,26,31H,24-25,27-30H2,1H3. The Kier molecular flexibility index (Phi) is 6.71. The van der Waals surface area contributed by atoms with Gasteiger partial charge >= 0.3 is 0 Å². The molecule has 2 aliphatic heterocycles. The largest absolute Gasteiger partial charge is 0.341 e. The first-order valence-corrected chi connectivity index (χ1v) is 19.7. The van der Waals surface area contributed by atoms with Crippen molar-refractivity contribution in [2.24, 2.45) is 0 Å². The van der Waals surface area contributed by atoms with Gasteiger partial charge in [0.05, 0.1) is 65.4 Å². The zero-order valence-corrected chi connectivity index (χ0v) is 31.2. The van der Waals surface area contributed by atoms with E-state index in [0.29, 0.717) is 32.6 Å². The zero-order chi connectivity index (χ0) is 37.0. The van der Waals surface area contributed by atoms with Gasteiger partial charge in [-0.25, -0.2) is 0 Å². The Morgan fingerprint density at radius 1 is 0.464 bits per heavy atom. The molecule has 0 saturated heterocycles. The molecule has 56 heavy (non-hydrogen) atoms. The summed E-state index contributed by atoms with van der Waals surface area (Å²) in [5, 5.41) is 16.3. The molecular formula is C49H39N7. The lowest BCUT2D eigenvalue weighted by molar-refractivity contribution is 0.479. The molecule has 0 saturated carbocycles. The number of fused-ring (bicyclic) bond motifs is 26. The third-order valence-corrected chi connectivity index (χ3v) is 12.7. The Hall–Kier alpha value is -6.73. The second kappa shape index (κ2) is 11.9. The highest BCUT2D eigenvalue weighted by Gasteiger charge is 2.43. The molecule has 1 unspecified atom stereocenters. The summed E-state index contributed by atoms with van der Waals surface area (Å²) in [4.78, 5) is 5.24. The summed E-state index contributed by atoms with van der Waals surface area (Å²) >= 11 is 0. The van der Waals surface area contributed by atoms with Gasteiger partial charge in [-0.15, -0.1) is 0 Å². The molecule has 0 fully saturated rings. The van der Waals surface area contributed by atoms with E-state index in [1.54, 1.807) is 0 Å². The number of pyridine rings is 1. The van der Waals surface area contributed by atoms with E-state index in [1.165, 1.54) is 60.4 Å². The van der Waals surface area contributed by atoms with Gasteiger partial charge in [0, 0.05) is 51.4 Å².